The third-order valence-electron chi connectivity index (χ3n) is 10.0. The fourth-order valence-electron chi connectivity index (χ4n) is 7.73. The van der Waals surface area contributed by atoms with E-state index in [9.17, 15) is 4.79 Å². The highest BCUT2D eigenvalue weighted by molar-refractivity contribution is 5.94. The Balaban J connectivity index is 1.33. The van der Waals surface area contributed by atoms with Gasteiger partial charge in [0.05, 0.1) is 0 Å². The van der Waals surface area contributed by atoms with Gasteiger partial charge < -0.3 is 15.5 Å². The molecule has 3 aliphatic carbocycles. The molecule has 0 aromatic carbocycles. The van der Waals surface area contributed by atoms with Crippen LogP contribution in [0.5, 0.6) is 0 Å². The van der Waals surface area contributed by atoms with Crippen LogP contribution < -0.4 is 15.5 Å². The highest BCUT2D eigenvalue weighted by atomic mass is 16.2. The van der Waals surface area contributed by atoms with E-state index in [1.54, 1.807) is 0 Å². The molecule has 2 N–H and O–H groups in total. The molecule has 6 heteroatoms. The van der Waals surface area contributed by atoms with Gasteiger partial charge in [-0.05, 0) is 55.3 Å². The molecule has 1 spiro atoms. The van der Waals surface area contributed by atoms with Crippen LogP contribution in [0.3, 0.4) is 0 Å². The zero-order chi connectivity index (χ0) is 20.7. The summed E-state index contributed by atoms with van der Waals surface area (Å²) >= 11 is 0. The van der Waals surface area contributed by atoms with Crippen molar-refractivity contribution in [3.05, 3.63) is 11.8 Å². The van der Waals surface area contributed by atoms with Crippen molar-refractivity contribution in [1.82, 2.24) is 15.3 Å². The topological polar surface area (TPSA) is 70.2 Å². The Hall–Kier alpha value is -1.85. The maximum atomic E-state index is 13.0. The first kappa shape index (κ1) is 18.9. The highest BCUT2D eigenvalue weighted by Crippen LogP contribution is 2.65. The predicted molar refractivity (Wildman–Crippen MR) is 117 cm³/mol. The van der Waals surface area contributed by atoms with Crippen LogP contribution in [0.2, 0.25) is 0 Å². The first-order valence-electron chi connectivity index (χ1n) is 12.1. The summed E-state index contributed by atoms with van der Waals surface area (Å²) in [6, 6.07) is 0.853. The second kappa shape index (κ2) is 6.10. The number of rotatable bonds is 3. The molecule has 5 aliphatic rings. The van der Waals surface area contributed by atoms with Crippen LogP contribution in [0.4, 0.5) is 11.8 Å². The molecule has 2 bridgehead atoms. The molecule has 3 saturated carbocycles. The van der Waals surface area contributed by atoms with E-state index in [0.717, 1.165) is 55.5 Å². The summed E-state index contributed by atoms with van der Waals surface area (Å²) in [5, 5.41) is 6.85. The number of nitrogens with one attached hydrogen (secondary N) is 2. The molecular weight excluding hydrogens is 374 g/mol. The molecule has 1 amide bonds. The van der Waals surface area contributed by atoms with Gasteiger partial charge in [-0.1, -0.05) is 33.6 Å². The van der Waals surface area contributed by atoms with Crippen molar-refractivity contribution >= 4 is 17.7 Å². The van der Waals surface area contributed by atoms with Crippen molar-refractivity contribution in [1.29, 1.82) is 0 Å². The summed E-state index contributed by atoms with van der Waals surface area (Å²) in [7, 11) is 0. The maximum Gasteiger partial charge on any atom is 0.246 e. The first-order chi connectivity index (χ1) is 14.3. The van der Waals surface area contributed by atoms with Crippen molar-refractivity contribution < 1.29 is 4.79 Å². The molecule has 3 unspecified atom stereocenters. The van der Waals surface area contributed by atoms with E-state index >= 15 is 0 Å². The quantitative estimate of drug-likeness (QED) is 0.797. The minimum absolute atomic E-state index is 0.185. The number of fused-ring (bicyclic) bond motifs is 3. The number of nitrogens with zero attached hydrogens (tertiary/aromatic N) is 3. The van der Waals surface area contributed by atoms with Gasteiger partial charge in [0.15, 0.2) is 0 Å². The zero-order valence-electron chi connectivity index (χ0n) is 18.6. The highest BCUT2D eigenvalue weighted by Gasteiger charge is 2.61. The van der Waals surface area contributed by atoms with Crippen LogP contribution >= 0.6 is 0 Å². The number of carbonyl (C=O) groups is 1. The van der Waals surface area contributed by atoms with Crippen molar-refractivity contribution in [3.8, 4) is 0 Å². The fraction of sp³-hybridized carbons (Fsp3) is 0.792. The molecule has 2 aliphatic heterocycles. The van der Waals surface area contributed by atoms with Crippen LogP contribution in [0, 0.1) is 16.7 Å². The number of carbonyl (C=O) groups excluding carboxylic acids is 1. The van der Waals surface area contributed by atoms with Gasteiger partial charge in [-0.2, -0.15) is 4.98 Å². The maximum absolute atomic E-state index is 13.0. The van der Waals surface area contributed by atoms with Gasteiger partial charge in [0, 0.05) is 36.8 Å². The van der Waals surface area contributed by atoms with Gasteiger partial charge in [-0.3, -0.25) is 4.79 Å². The summed E-state index contributed by atoms with van der Waals surface area (Å²) in [5.41, 5.74) is 1.36. The lowest BCUT2D eigenvalue weighted by atomic mass is 9.69. The van der Waals surface area contributed by atoms with E-state index in [-0.39, 0.29) is 11.3 Å². The predicted octanol–water partition coefficient (Wildman–Crippen LogP) is 3.67. The second-order valence-electron chi connectivity index (χ2n) is 11.4. The average molecular weight is 410 g/mol. The van der Waals surface area contributed by atoms with E-state index in [1.165, 1.54) is 32.1 Å². The van der Waals surface area contributed by atoms with Gasteiger partial charge in [-0.25, -0.2) is 4.98 Å². The summed E-state index contributed by atoms with van der Waals surface area (Å²) in [6.07, 6.45) is 12.3. The SMILES string of the molecule is CC1(C)C2CCC1(C)C(Nc1ncc3c(n1)N(C1CCCC1)[C@]1(CCNC1=O)C3)C2. The second-order valence-corrected chi connectivity index (χ2v) is 11.4. The number of aromatic nitrogens is 2. The molecule has 162 valence electrons. The van der Waals surface area contributed by atoms with Gasteiger partial charge in [-0.15, -0.1) is 0 Å². The van der Waals surface area contributed by atoms with E-state index < -0.39 is 5.54 Å². The fourth-order valence-corrected chi connectivity index (χ4v) is 7.73. The van der Waals surface area contributed by atoms with Crippen molar-refractivity contribution in [2.45, 2.75) is 96.2 Å². The van der Waals surface area contributed by atoms with Gasteiger partial charge in [0.25, 0.3) is 0 Å². The molecule has 6 rings (SSSR count). The molecule has 30 heavy (non-hydrogen) atoms. The Morgan fingerprint density at radius 1 is 1.17 bits per heavy atom. The Morgan fingerprint density at radius 2 is 1.97 bits per heavy atom. The molecule has 0 radical (unpaired) electrons. The van der Waals surface area contributed by atoms with Crippen LogP contribution in [0.25, 0.3) is 0 Å². The average Bonchev–Trinajstić information content (AvgIpc) is 3.48. The van der Waals surface area contributed by atoms with E-state index in [2.05, 4.69) is 36.3 Å². The van der Waals surface area contributed by atoms with Gasteiger partial charge in [0.1, 0.15) is 11.4 Å². The Morgan fingerprint density at radius 3 is 2.60 bits per heavy atom. The molecule has 3 heterocycles. The van der Waals surface area contributed by atoms with E-state index in [1.807, 2.05) is 6.20 Å². The number of anilines is 2. The summed E-state index contributed by atoms with van der Waals surface area (Å²) in [5.74, 6) is 2.74. The Labute approximate surface area is 179 Å². The first-order valence-corrected chi connectivity index (χ1v) is 12.1. The van der Waals surface area contributed by atoms with Crippen LogP contribution in [-0.4, -0.2) is 40.0 Å². The summed E-state index contributed by atoms with van der Waals surface area (Å²) in [6.45, 7) is 8.11. The standard InChI is InChI=1S/C24H35N5O/c1-22(2)16-8-9-23(22,3)18(12-16)27-21-26-14-15-13-24(10-11-25-20(24)30)29(19(15)28-21)17-6-4-5-7-17/h14,16-18H,4-13H2,1-3H3,(H,25,30)(H,26,27,28)/t16?,18?,23?,24-/m1/s1. The third-order valence-corrected chi connectivity index (χ3v) is 10.0. The zero-order valence-corrected chi connectivity index (χ0v) is 18.6. The van der Waals surface area contributed by atoms with E-state index in [4.69, 9.17) is 9.97 Å². The lowest BCUT2D eigenvalue weighted by Gasteiger charge is -2.40. The molecular formula is C24H35N5O. The molecule has 1 aromatic heterocycles. The minimum atomic E-state index is -0.439. The van der Waals surface area contributed by atoms with Gasteiger partial charge in [0.2, 0.25) is 11.9 Å². The van der Waals surface area contributed by atoms with Crippen molar-refractivity contribution in [2.75, 3.05) is 16.8 Å². The normalized spacial score (nSPS) is 39.2. The Bertz CT molecular complexity index is 894. The number of hydrogen-bond acceptors (Lipinski definition) is 5. The molecule has 6 nitrogen and oxygen atoms in total. The molecule has 4 atom stereocenters. The lowest BCUT2D eigenvalue weighted by Crippen LogP contribution is -2.56. The van der Waals surface area contributed by atoms with Crippen LogP contribution in [0.15, 0.2) is 6.20 Å². The van der Waals surface area contributed by atoms with Gasteiger partial charge >= 0.3 is 0 Å². The van der Waals surface area contributed by atoms with Crippen molar-refractivity contribution in [3.63, 3.8) is 0 Å². The summed E-state index contributed by atoms with van der Waals surface area (Å²) < 4.78 is 0. The molecule has 4 fully saturated rings. The Kier molecular flexibility index (Phi) is 3.84. The lowest BCUT2D eigenvalue weighted by molar-refractivity contribution is -0.123. The third kappa shape index (κ3) is 2.28. The van der Waals surface area contributed by atoms with Crippen LogP contribution in [0.1, 0.15) is 77.7 Å². The van der Waals surface area contributed by atoms with Crippen LogP contribution in [-0.2, 0) is 11.2 Å². The molecule has 1 aromatic rings. The smallest absolute Gasteiger partial charge is 0.246 e. The van der Waals surface area contributed by atoms with E-state index in [0.29, 0.717) is 17.5 Å². The number of hydrogen-bond donors (Lipinski definition) is 2. The monoisotopic (exact) mass is 409 g/mol. The molecule has 1 saturated heterocycles. The minimum Gasteiger partial charge on any atom is -0.354 e. The largest absolute Gasteiger partial charge is 0.354 e. The number of amides is 1. The van der Waals surface area contributed by atoms with Crippen molar-refractivity contribution in [2.24, 2.45) is 16.7 Å². The summed E-state index contributed by atoms with van der Waals surface area (Å²) in [4.78, 5) is 25.2.